The van der Waals surface area contributed by atoms with Crippen molar-refractivity contribution in [3.63, 3.8) is 0 Å². The number of carbonyl (C=O) groups is 1. The number of halogens is 1. The van der Waals surface area contributed by atoms with Gasteiger partial charge in [-0.05, 0) is 36.2 Å². The summed E-state index contributed by atoms with van der Waals surface area (Å²) >= 11 is 6.01. The lowest BCUT2D eigenvalue weighted by atomic mass is 10.0. The van der Waals surface area contributed by atoms with E-state index in [1.807, 2.05) is 25.1 Å². The third kappa shape index (κ3) is 3.34. The van der Waals surface area contributed by atoms with E-state index in [0.717, 1.165) is 5.56 Å². The van der Waals surface area contributed by atoms with Crippen molar-refractivity contribution in [2.24, 2.45) is 0 Å². The Hall–Kier alpha value is -2.59. The summed E-state index contributed by atoms with van der Waals surface area (Å²) in [6.07, 6.45) is 0.684. The summed E-state index contributed by atoms with van der Waals surface area (Å²) in [7, 11) is 0. The summed E-state index contributed by atoms with van der Waals surface area (Å²) in [6.45, 7) is 1.96. The van der Waals surface area contributed by atoms with Gasteiger partial charge in [0, 0.05) is 11.1 Å². The van der Waals surface area contributed by atoms with Gasteiger partial charge in [0.05, 0.1) is 11.4 Å². The fourth-order valence-electron chi connectivity index (χ4n) is 2.59. The maximum atomic E-state index is 12.5. The molecule has 24 heavy (non-hydrogen) atoms. The molecule has 0 bridgehead atoms. The van der Waals surface area contributed by atoms with Crippen LogP contribution >= 0.6 is 11.6 Å². The van der Waals surface area contributed by atoms with E-state index in [0.29, 0.717) is 22.4 Å². The van der Waals surface area contributed by atoms with Crippen LogP contribution in [0, 0.1) is 0 Å². The third-order valence-electron chi connectivity index (χ3n) is 3.82. The van der Waals surface area contributed by atoms with Crippen molar-refractivity contribution in [1.82, 2.24) is 5.32 Å². The van der Waals surface area contributed by atoms with Crippen LogP contribution < -0.4 is 10.7 Å². The molecule has 3 aromatic rings. The summed E-state index contributed by atoms with van der Waals surface area (Å²) in [5.74, 6) is -0.427. The molecule has 0 spiro atoms. The zero-order valence-electron chi connectivity index (χ0n) is 13.1. The molecular formula is C19H16ClNO3. The number of hydrogen-bond acceptors (Lipinski definition) is 3. The van der Waals surface area contributed by atoms with Crippen LogP contribution in [0.5, 0.6) is 0 Å². The van der Waals surface area contributed by atoms with Crippen molar-refractivity contribution in [3.8, 4) is 0 Å². The van der Waals surface area contributed by atoms with E-state index in [9.17, 15) is 9.59 Å². The smallest absolute Gasteiger partial charge is 0.287 e. The second-order valence-corrected chi connectivity index (χ2v) is 5.90. The summed E-state index contributed by atoms with van der Waals surface area (Å²) < 4.78 is 5.57. The van der Waals surface area contributed by atoms with Gasteiger partial charge in [-0.2, -0.15) is 0 Å². The molecule has 122 valence electrons. The molecule has 0 radical (unpaired) electrons. The van der Waals surface area contributed by atoms with Crippen LogP contribution in [0.4, 0.5) is 0 Å². The van der Waals surface area contributed by atoms with Crippen molar-refractivity contribution in [2.45, 2.75) is 19.4 Å². The Morgan fingerprint density at radius 1 is 1.17 bits per heavy atom. The molecule has 1 unspecified atom stereocenters. The van der Waals surface area contributed by atoms with Crippen molar-refractivity contribution in [2.75, 3.05) is 0 Å². The lowest BCUT2D eigenvalue weighted by molar-refractivity contribution is 0.0908. The van der Waals surface area contributed by atoms with Gasteiger partial charge in [0.15, 0.2) is 11.2 Å². The Morgan fingerprint density at radius 2 is 1.96 bits per heavy atom. The topological polar surface area (TPSA) is 59.3 Å². The van der Waals surface area contributed by atoms with Crippen LogP contribution in [0.1, 0.15) is 35.5 Å². The highest BCUT2D eigenvalue weighted by atomic mass is 35.5. The normalized spacial score (nSPS) is 12.1. The number of hydrogen-bond donors (Lipinski definition) is 1. The molecular weight excluding hydrogens is 326 g/mol. The van der Waals surface area contributed by atoms with Crippen LogP contribution in [-0.2, 0) is 0 Å². The van der Waals surface area contributed by atoms with Gasteiger partial charge in [0.25, 0.3) is 5.91 Å². The minimum Gasteiger partial charge on any atom is -0.451 e. The number of nitrogens with one attached hydrogen (secondary N) is 1. The molecule has 1 N–H and O–H groups in total. The van der Waals surface area contributed by atoms with Gasteiger partial charge >= 0.3 is 0 Å². The molecule has 0 fully saturated rings. The van der Waals surface area contributed by atoms with Gasteiger partial charge in [-0.1, -0.05) is 42.8 Å². The van der Waals surface area contributed by atoms with Crippen molar-refractivity contribution < 1.29 is 9.21 Å². The Bertz CT molecular complexity index is 948. The number of amides is 1. The van der Waals surface area contributed by atoms with Gasteiger partial charge in [0.1, 0.15) is 5.58 Å². The second kappa shape index (κ2) is 6.89. The third-order valence-corrected chi connectivity index (χ3v) is 4.06. The number of carbonyl (C=O) groups excluding carboxylic acids is 1. The van der Waals surface area contributed by atoms with E-state index in [1.165, 1.54) is 6.07 Å². The molecule has 3 rings (SSSR count). The second-order valence-electron chi connectivity index (χ2n) is 5.46. The average molecular weight is 342 g/mol. The van der Waals surface area contributed by atoms with E-state index in [4.69, 9.17) is 16.0 Å². The summed E-state index contributed by atoms with van der Waals surface area (Å²) in [6, 6.07) is 15.2. The van der Waals surface area contributed by atoms with E-state index in [2.05, 4.69) is 5.32 Å². The van der Waals surface area contributed by atoms with Crippen LogP contribution in [0.2, 0.25) is 5.02 Å². The largest absolute Gasteiger partial charge is 0.451 e. The molecule has 1 amide bonds. The maximum absolute atomic E-state index is 12.5. The van der Waals surface area contributed by atoms with Crippen LogP contribution in [0.25, 0.3) is 11.0 Å². The minimum atomic E-state index is -0.426. The van der Waals surface area contributed by atoms with Gasteiger partial charge in [0.2, 0.25) is 0 Å². The van der Waals surface area contributed by atoms with Crippen molar-refractivity contribution in [1.29, 1.82) is 0 Å². The Kier molecular flexibility index (Phi) is 4.67. The maximum Gasteiger partial charge on any atom is 0.287 e. The molecule has 0 saturated carbocycles. The zero-order valence-corrected chi connectivity index (χ0v) is 13.8. The van der Waals surface area contributed by atoms with Crippen molar-refractivity contribution in [3.05, 3.63) is 81.2 Å². The zero-order chi connectivity index (χ0) is 17.1. The van der Waals surface area contributed by atoms with Gasteiger partial charge in [-0.15, -0.1) is 0 Å². The lowest BCUT2D eigenvalue weighted by Gasteiger charge is -2.17. The summed E-state index contributed by atoms with van der Waals surface area (Å²) in [4.78, 5) is 24.6. The first kappa shape index (κ1) is 16.3. The van der Waals surface area contributed by atoms with Gasteiger partial charge in [-0.3, -0.25) is 9.59 Å². The molecule has 1 atom stereocenters. The average Bonchev–Trinajstić information content (AvgIpc) is 2.59. The number of fused-ring (bicyclic) bond motifs is 1. The molecule has 0 aliphatic carbocycles. The van der Waals surface area contributed by atoms with E-state index >= 15 is 0 Å². The standard InChI is InChI=1S/C19H16ClNO3/c1-2-15(12-6-5-7-13(20)10-12)21-19(23)18-11-16(22)14-8-3-4-9-17(14)24-18/h3-11,15H,2H2,1H3,(H,21,23). The Balaban J connectivity index is 1.90. The highest BCUT2D eigenvalue weighted by molar-refractivity contribution is 6.30. The fourth-order valence-corrected chi connectivity index (χ4v) is 2.79. The first-order valence-corrected chi connectivity index (χ1v) is 8.05. The quantitative estimate of drug-likeness (QED) is 0.768. The van der Waals surface area contributed by atoms with E-state index in [-0.39, 0.29) is 17.2 Å². The highest BCUT2D eigenvalue weighted by Gasteiger charge is 2.17. The molecule has 1 heterocycles. The van der Waals surface area contributed by atoms with E-state index < -0.39 is 5.91 Å². The molecule has 2 aromatic carbocycles. The molecule has 0 aliphatic rings. The first-order valence-electron chi connectivity index (χ1n) is 7.67. The minimum absolute atomic E-state index is 0.000761. The number of benzene rings is 2. The number of rotatable bonds is 4. The highest BCUT2D eigenvalue weighted by Crippen LogP contribution is 2.21. The summed E-state index contributed by atoms with van der Waals surface area (Å²) in [5, 5.41) is 3.95. The molecule has 4 nitrogen and oxygen atoms in total. The molecule has 0 aliphatic heterocycles. The molecule has 5 heteroatoms. The summed E-state index contributed by atoms with van der Waals surface area (Å²) in [5.41, 5.74) is 1.06. The molecule has 1 aromatic heterocycles. The van der Waals surface area contributed by atoms with Crippen molar-refractivity contribution >= 4 is 28.5 Å². The molecule has 0 saturated heterocycles. The number of para-hydroxylation sites is 1. The van der Waals surface area contributed by atoms with E-state index in [1.54, 1.807) is 30.3 Å². The van der Waals surface area contributed by atoms with Crippen LogP contribution in [-0.4, -0.2) is 5.91 Å². The monoisotopic (exact) mass is 341 g/mol. The Labute approximate surface area is 144 Å². The van der Waals surface area contributed by atoms with Crippen LogP contribution in [0.15, 0.2) is 63.8 Å². The SMILES string of the molecule is CCC(NC(=O)c1cc(=O)c2ccccc2o1)c1cccc(Cl)c1. The first-order chi connectivity index (χ1) is 11.6. The Morgan fingerprint density at radius 3 is 2.71 bits per heavy atom. The van der Waals surface area contributed by atoms with Crippen LogP contribution in [0.3, 0.4) is 0 Å². The van der Waals surface area contributed by atoms with Gasteiger partial charge < -0.3 is 9.73 Å². The lowest BCUT2D eigenvalue weighted by Crippen LogP contribution is -2.28. The predicted octanol–water partition coefficient (Wildman–Crippen LogP) is 4.33. The predicted molar refractivity (Wildman–Crippen MR) is 94.4 cm³/mol. The fraction of sp³-hybridized carbons (Fsp3) is 0.158. The van der Waals surface area contributed by atoms with Gasteiger partial charge in [-0.25, -0.2) is 0 Å².